The lowest BCUT2D eigenvalue weighted by molar-refractivity contribution is 0.569. The molecule has 4 heteroatoms. The van der Waals surface area contributed by atoms with Gasteiger partial charge in [-0.15, -0.1) is 0 Å². The van der Waals surface area contributed by atoms with E-state index in [1.165, 1.54) is 11.6 Å². The summed E-state index contributed by atoms with van der Waals surface area (Å²) in [6.45, 7) is 6.02. The smallest absolute Gasteiger partial charge is 0.141 e. The molecular weight excluding hydrogens is 275 g/mol. The monoisotopic (exact) mass is 294 g/mol. The summed E-state index contributed by atoms with van der Waals surface area (Å²) >= 11 is 5.80. The Labute approximate surface area is 124 Å². The molecule has 108 valence electrons. The number of nitrogens with zero attached hydrogens (tertiary/aromatic N) is 1. The van der Waals surface area contributed by atoms with Crippen molar-refractivity contribution < 1.29 is 4.39 Å². The summed E-state index contributed by atoms with van der Waals surface area (Å²) in [5.74, 6) is -0.374. The van der Waals surface area contributed by atoms with Crippen LogP contribution in [0.4, 0.5) is 4.39 Å². The van der Waals surface area contributed by atoms with Crippen LogP contribution in [-0.2, 0) is 6.54 Å². The quantitative estimate of drug-likeness (QED) is 0.836. The molecule has 2 aromatic rings. The van der Waals surface area contributed by atoms with E-state index >= 15 is 0 Å². The van der Waals surface area contributed by atoms with E-state index < -0.39 is 0 Å². The van der Waals surface area contributed by atoms with E-state index in [4.69, 9.17) is 11.6 Å². The standard InChI is InChI=1S/C16H20ClFN2/c1-3-7-19-12(2)14-6-8-20(11-14)10-13-4-5-16(18)15(17)9-13/h4-6,8-9,11-12,19H,3,7,10H2,1-2H3. The lowest BCUT2D eigenvalue weighted by Gasteiger charge is -2.11. The second-order valence-corrected chi connectivity index (χ2v) is 5.45. The maximum atomic E-state index is 13.1. The molecule has 1 atom stereocenters. The minimum Gasteiger partial charge on any atom is -0.350 e. The van der Waals surface area contributed by atoms with Gasteiger partial charge in [0.15, 0.2) is 0 Å². The summed E-state index contributed by atoms with van der Waals surface area (Å²) in [4.78, 5) is 0. The Kier molecular flexibility index (Phi) is 5.21. The van der Waals surface area contributed by atoms with Gasteiger partial charge in [-0.3, -0.25) is 0 Å². The van der Waals surface area contributed by atoms with Crippen LogP contribution in [0.2, 0.25) is 5.02 Å². The SMILES string of the molecule is CCCNC(C)c1ccn(Cc2ccc(F)c(Cl)c2)c1. The van der Waals surface area contributed by atoms with Crippen molar-refractivity contribution in [1.29, 1.82) is 0 Å². The Balaban J connectivity index is 2.03. The molecule has 1 heterocycles. The van der Waals surface area contributed by atoms with E-state index in [2.05, 4.69) is 36.0 Å². The zero-order valence-electron chi connectivity index (χ0n) is 11.9. The lowest BCUT2D eigenvalue weighted by atomic mass is 10.2. The first-order chi connectivity index (χ1) is 9.60. The number of aromatic nitrogens is 1. The van der Waals surface area contributed by atoms with Gasteiger partial charge in [0.25, 0.3) is 0 Å². The molecule has 0 radical (unpaired) electrons. The molecule has 20 heavy (non-hydrogen) atoms. The second kappa shape index (κ2) is 6.91. The molecule has 0 aliphatic carbocycles. The maximum absolute atomic E-state index is 13.1. The van der Waals surface area contributed by atoms with Gasteiger partial charge >= 0.3 is 0 Å². The highest BCUT2D eigenvalue weighted by molar-refractivity contribution is 6.30. The first-order valence-electron chi connectivity index (χ1n) is 6.93. The number of hydrogen-bond donors (Lipinski definition) is 1. The van der Waals surface area contributed by atoms with Gasteiger partial charge < -0.3 is 9.88 Å². The molecule has 2 rings (SSSR count). The van der Waals surface area contributed by atoms with Gasteiger partial charge in [-0.25, -0.2) is 4.39 Å². The summed E-state index contributed by atoms with van der Waals surface area (Å²) in [5, 5.41) is 3.63. The molecule has 0 spiro atoms. The van der Waals surface area contributed by atoms with Gasteiger partial charge in [0.2, 0.25) is 0 Å². The second-order valence-electron chi connectivity index (χ2n) is 5.04. The third-order valence-electron chi connectivity index (χ3n) is 3.32. The van der Waals surface area contributed by atoms with Crippen LogP contribution < -0.4 is 5.32 Å². The Morgan fingerprint density at radius 1 is 1.35 bits per heavy atom. The zero-order valence-corrected chi connectivity index (χ0v) is 12.6. The van der Waals surface area contributed by atoms with Crippen molar-refractivity contribution >= 4 is 11.6 Å². The fraction of sp³-hybridized carbons (Fsp3) is 0.375. The molecule has 1 aromatic carbocycles. The highest BCUT2D eigenvalue weighted by atomic mass is 35.5. The van der Waals surface area contributed by atoms with E-state index in [1.54, 1.807) is 12.1 Å². The number of halogens is 2. The van der Waals surface area contributed by atoms with E-state index in [1.807, 2.05) is 6.20 Å². The van der Waals surface area contributed by atoms with E-state index in [0.29, 0.717) is 12.6 Å². The molecule has 1 aromatic heterocycles. The Morgan fingerprint density at radius 3 is 2.85 bits per heavy atom. The summed E-state index contributed by atoms with van der Waals surface area (Å²) in [6, 6.07) is 7.30. The highest BCUT2D eigenvalue weighted by Crippen LogP contribution is 2.18. The molecule has 0 saturated heterocycles. The van der Waals surface area contributed by atoms with Gasteiger partial charge in [-0.2, -0.15) is 0 Å². The van der Waals surface area contributed by atoms with Crippen molar-refractivity contribution in [3.63, 3.8) is 0 Å². The predicted octanol–water partition coefficient (Wildman–Crippen LogP) is 4.39. The van der Waals surface area contributed by atoms with Crippen molar-refractivity contribution in [1.82, 2.24) is 9.88 Å². The van der Waals surface area contributed by atoms with E-state index in [0.717, 1.165) is 18.5 Å². The lowest BCUT2D eigenvalue weighted by Crippen LogP contribution is -2.18. The molecule has 1 unspecified atom stereocenters. The summed E-state index contributed by atoms with van der Waals surface area (Å²) in [5.41, 5.74) is 2.25. The number of benzene rings is 1. The van der Waals surface area contributed by atoms with Crippen LogP contribution in [-0.4, -0.2) is 11.1 Å². The molecule has 0 bridgehead atoms. The Morgan fingerprint density at radius 2 is 2.15 bits per heavy atom. The molecule has 0 saturated carbocycles. The summed E-state index contributed by atoms with van der Waals surface area (Å²) in [7, 11) is 0. The summed E-state index contributed by atoms with van der Waals surface area (Å²) in [6.07, 6.45) is 5.28. The van der Waals surface area contributed by atoms with Gasteiger partial charge in [0.05, 0.1) is 5.02 Å². The number of nitrogens with one attached hydrogen (secondary N) is 1. The minimum atomic E-state index is -0.374. The van der Waals surface area contributed by atoms with Crippen LogP contribution in [0, 0.1) is 5.82 Å². The molecule has 0 aliphatic heterocycles. The fourth-order valence-corrected chi connectivity index (χ4v) is 2.34. The zero-order chi connectivity index (χ0) is 14.5. The molecule has 0 fully saturated rings. The topological polar surface area (TPSA) is 17.0 Å². The van der Waals surface area contributed by atoms with Crippen LogP contribution in [0.1, 0.15) is 37.4 Å². The first-order valence-corrected chi connectivity index (χ1v) is 7.31. The normalized spacial score (nSPS) is 12.6. The average Bonchev–Trinajstić information content (AvgIpc) is 2.89. The molecule has 0 amide bonds. The first kappa shape index (κ1) is 15.1. The maximum Gasteiger partial charge on any atom is 0.141 e. The van der Waals surface area contributed by atoms with Crippen molar-refractivity contribution in [3.8, 4) is 0 Å². The third-order valence-corrected chi connectivity index (χ3v) is 3.61. The van der Waals surface area contributed by atoms with Gasteiger partial charge in [0.1, 0.15) is 5.82 Å². The van der Waals surface area contributed by atoms with Crippen LogP contribution >= 0.6 is 11.6 Å². The van der Waals surface area contributed by atoms with Crippen molar-refractivity contribution in [2.24, 2.45) is 0 Å². The van der Waals surface area contributed by atoms with Gasteiger partial charge in [-0.1, -0.05) is 24.6 Å². The number of hydrogen-bond acceptors (Lipinski definition) is 1. The van der Waals surface area contributed by atoms with E-state index in [-0.39, 0.29) is 10.8 Å². The average molecular weight is 295 g/mol. The summed E-state index contributed by atoms with van der Waals surface area (Å²) < 4.78 is 15.2. The van der Waals surface area contributed by atoms with Crippen molar-refractivity contribution in [2.45, 2.75) is 32.9 Å². The van der Waals surface area contributed by atoms with E-state index in [9.17, 15) is 4.39 Å². The molecule has 0 aliphatic rings. The van der Waals surface area contributed by atoms with Gasteiger partial charge in [-0.05, 0) is 49.2 Å². The van der Waals surface area contributed by atoms with Crippen molar-refractivity contribution in [3.05, 3.63) is 58.6 Å². The Bertz CT molecular complexity index is 565. The fourth-order valence-electron chi connectivity index (χ4n) is 2.14. The van der Waals surface area contributed by atoms with Gasteiger partial charge in [0, 0.05) is 25.0 Å². The molecule has 2 nitrogen and oxygen atoms in total. The van der Waals surface area contributed by atoms with Crippen LogP contribution in [0.3, 0.4) is 0 Å². The molecular formula is C16H20ClFN2. The van der Waals surface area contributed by atoms with Crippen LogP contribution in [0.15, 0.2) is 36.7 Å². The van der Waals surface area contributed by atoms with Crippen molar-refractivity contribution in [2.75, 3.05) is 6.54 Å². The molecule has 1 N–H and O–H groups in total. The predicted molar refractivity (Wildman–Crippen MR) is 81.7 cm³/mol. The Hall–Kier alpha value is -1.32. The minimum absolute atomic E-state index is 0.174. The van der Waals surface area contributed by atoms with Crippen LogP contribution in [0.25, 0.3) is 0 Å². The van der Waals surface area contributed by atoms with Crippen LogP contribution in [0.5, 0.6) is 0 Å². The third kappa shape index (κ3) is 3.84. The largest absolute Gasteiger partial charge is 0.350 e. The number of rotatable bonds is 6. The highest BCUT2D eigenvalue weighted by Gasteiger charge is 2.07.